The summed E-state index contributed by atoms with van der Waals surface area (Å²) in [6.07, 6.45) is -45.2. The van der Waals surface area contributed by atoms with E-state index < -0.39 is 204 Å². The standard InChI is InChI=1S/C35H57NO27/c1-8(40)30(52)59-26-12(4-38)56-32(22(49)20(26)47)54-7-14-16(43)18(45)21(48)34(58-14)61-27-13(5-39)57-33-24(51)29(27)63-31-15(36-9(2)41)28(17(44)11(3-37)55-31)62-35-23(50)19(46)25(60-35)10(42)6-53-33/h8,10-29,31-35,37-40,42-51H,3-7H2,1-2H3,(H,36,41)/t8-,10-,11-,12-,13-,14-,15-,16-,17+,18+,19-,20-,21-,22-,23-,24-,25+,26-,27+,28-,29-,31+,32-,33-,34-,35+/m1/s1. The molecule has 6 aliphatic rings. The summed E-state index contributed by atoms with van der Waals surface area (Å²) in [4.78, 5) is 24.5. The largest absolute Gasteiger partial charge is 0.455 e. The Balaban J connectivity index is 1.26. The Morgan fingerprint density at radius 3 is 1.81 bits per heavy atom. The minimum Gasteiger partial charge on any atom is -0.455 e. The topological polar surface area (TPSA) is 431 Å². The van der Waals surface area contributed by atoms with Crippen LogP contribution in [0.25, 0.3) is 0 Å². The number of esters is 1. The Labute approximate surface area is 356 Å². The van der Waals surface area contributed by atoms with Gasteiger partial charge in [0, 0.05) is 6.92 Å². The van der Waals surface area contributed by atoms with Gasteiger partial charge in [-0.1, -0.05) is 0 Å². The Hall–Kier alpha value is -2.02. The third kappa shape index (κ3) is 10.6. The van der Waals surface area contributed by atoms with Crippen molar-refractivity contribution in [2.75, 3.05) is 33.0 Å². The first-order chi connectivity index (χ1) is 29.8. The summed E-state index contributed by atoms with van der Waals surface area (Å²) in [5.74, 6) is -1.96. The molecule has 0 spiro atoms. The lowest BCUT2D eigenvalue weighted by atomic mass is 9.94. The molecule has 26 atom stereocenters. The van der Waals surface area contributed by atoms with Crippen molar-refractivity contribution >= 4 is 11.9 Å². The molecule has 0 saturated carbocycles. The van der Waals surface area contributed by atoms with Gasteiger partial charge in [-0.25, -0.2) is 4.79 Å². The van der Waals surface area contributed by atoms with Crippen LogP contribution in [0.5, 0.6) is 0 Å². The van der Waals surface area contributed by atoms with Crippen molar-refractivity contribution in [1.82, 2.24) is 5.32 Å². The fourth-order valence-corrected chi connectivity index (χ4v) is 8.01. The lowest BCUT2D eigenvalue weighted by molar-refractivity contribution is -0.388. The average molecular weight is 924 g/mol. The Morgan fingerprint density at radius 2 is 1.17 bits per heavy atom. The minimum atomic E-state index is -2.12. The van der Waals surface area contributed by atoms with Gasteiger partial charge in [0.15, 0.2) is 37.6 Å². The second-order valence-corrected chi connectivity index (χ2v) is 15.9. The second-order valence-electron chi connectivity index (χ2n) is 15.9. The molecule has 6 rings (SSSR count). The normalized spacial score (nSPS) is 49.9. The van der Waals surface area contributed by atoms with Gasteiger partial charge in [-0.15, -0.1) is 0 Å². The quantitative estimate of drug-likeness (QED) is 0.0856. The third-order valence-electron chi connectivity index (χ3n) is 11.5. The van der Waals surface area contributed by atoms with Crippen LogP contribution >= 0.6 is 0 Å². The first-order valence-corrected chi connectivity index (χ1v) is 20.1. The molecular weight excluding hydrogens is 866 g/mol. The average Bonchev–Trinajstić information content (AvgIpc) is 3.53. The van der Waals surface area contributed by atoms with Gasteiger partial charge in [0.25, 0.3) is 0 Å². The summed E-state index contributed by atoms with van der Waals surface area (Å²) in [5, 5.41) is 152. The van der Waals surface area contributed by atoms with E-state index >= 15 is 0 Å². The fraction of sp³-hybridized carbons (Fsp3) is 0.943. The van der Waals surface area contributed by atoms with Crippen LogP contribution in [-0.4, -0.2) is 276 Å². The van der Waals surface area contributed by atoms with Crippen molar-refractivity contribution in [2.24, 2.45) is 0 Å². The van der Waals surface area contributed by atoms with E-state index in [2.05, 4.69) is 5.32 Å². The van der Waals surface area contributed by atoms with Crippen LogP contribution in [0, 0.1) is 0 Å². The lowest BCUT2D eigenvalue weighted by Crippen LogP contribution is -2.69. The van der Waals surface area contributed by atoms with E-state index in [0.717, 1.165) is 13.8 Å². The molecule has 0 aromatic rings. The lowest BCUT2D eigenvalue weighted by Gasteiger charge is -2.50. The van der Waals surface area contributed by atoms with Crippen molar-refractivity contribution in [2.45, 2.75) is 173 Å². The summed E-state index contributed by atoms with van der Waals surface area (Å²) >= 11 is 0. The number of rotatable bonds is 11. The molecule has 1 amide bonds. The Kier molecular flexibility index (Phi) is 17.0. The zero-order valence-electron chi connectivity index (χ0n) is 33.6. The van der Waals surface area contributed by atoms with E-state index in [1.54, 1.807) is 0 Å². The fourth-order valence-electron chi connectivity index (χ4n) is 8.01. The molecule has 6 heterocycles. The molecule has 0 unspecified atom stereocenters. The summed E-state index contributed by atoms with van der Waals surface area (Å²) in [5.41, 5.74) is 0. The van der Waals surface area contributed by atoms with Crippen LogP contribution in [0.2, 0.25) is 0 Å². The molecule has 28 nitrogen and oxygen atoms in total. The number of ether oxygens (including phenoxy) is 11. The first kappa shape index (κ1) is 50.4. The van der Waals surface area contributed by atoms with E-state index in [4.69, 9.17) is 52.1 Å². The molecule has 15 N–H and O–H groups in total. The SMILES string of the molecule is CC(=O)N[C@H]1[C@@H]2O[C@@H]3[C@@H](O)[C@H](OC[C@@H](O)[C@@H]4O[C@@H](O[C@H]1[C@@H](O)[C@@H](CO)O2)[C@H](O)[C@H]4O)O[C@H](CO)[C@@H]3O[C@H]1O[C@H](CO[C@@H]2O[C@H](CO)[C@@H](OC(=O)[C@@H](C)O)[C@H](O)[C@H]2O)[C@@H](O)[C@H](O)[C@H]1O. The highest BCUT2D eigenvalue weighted by Crippen LogP contribution is 2.37. The van der Waals surface area contributed by atoms with Crippen LogP contribution < -0.4 is 5.32 Å². The van der Waals surface area contributed by atoms with Crippen LogP contribution in [0.15, 0.2) is 0 Å². The molecule has 0 radical (unpaired) electrons. The Bertz CT molecular complexity index is 1500. The summed E-state index contributed by atoms with van der Waals surface area (Å²) in [6.45, 7) is -2.18. The number of hydrogen-bond donors (Lipinski definition) is 15. The monoisotopic (exact) mass is 923 g/mol. The van der Waals surface area contributed by atoms with Crippen molar-refractivity contribution in [3.8, 4) is 0 Å². The van der Waals surface area contributed by atoms with E-state index in [0.29, 0.717) is 0 Å². The highest BCUT2D eigenvalue weighted by Gasteiger charge is 2.58. The van der Waals surface area contributed by atoms with Crippen molar-refractivity contribution in [1.29, 1.82) is 0 Å². The molecule has 364 valence electrons. The van der Waals surface area contributed by atoms with Gasteiger partial charge in [-0.2, -0.15) is 0 Å². The zero-order valence-corrected chi connectivity index (χ0v) is 33.6. The number of aliphatic hydroxyl groups excluding tert-OH is 14. The van der Waals surface area contributed by atoms with Gasteiger partial charge >= 0.3 is 5.97 Å². The highest BCUT2D eigenvalue weighted by atomic mass is 16.8. The van der Waals surface area contributed by atoms with E-state index in [1.807, 2.05) is 0 Å². The Morgan fingerprint density at radius 1 is 0.587 bits per heavy atom. The minimum absolute atomic E-state index is 0.758. The number of carbonyl (C=O) groups excluding carboxylic acids is 2. The molecule has 0 aromatic heterocycles. The molecule has 6 fully saturated rings. The maximum Gasteiger partial charge on any atom is 0.335 e. The number of carbonyl (C=O) groups is 2. The highest BCUT2D eigenvalue weighted by molar-refractivity contribution is 5.74. The van der Waals surface area contributed by atoms with Crippen LogP contribution in [-0.2, 0) is 61.7 Å². The molecule has 6 saturated heterocycles. The maximum absolute atomic E-state index is 12.5. The summed E-state index contributed by atoms with van der Waals surface area (Å²) in [7, 11) is 0. The van der Waals surface area contributed by atoms with Crippen molar-refractivity contribution in [3.63, 3.8) is 0 Å². The van der Waals surface area contributed by atoms with Crippen LogP contribution in [0.1, 0.15) is 13.8 Å². The van der Waals surface area contributed by atoms with Gasteiger partial charge in [-0.05, 0) is 6.92 Å². The van der Waals surface area contributed by atoms with E-state index in [1.165, 1.54) is 0 Å². The van der Waals surface area contributed by atoms with Gasteiger partial charge in [0.2, 0.25) is 5.91 Å². The number of nitrogens with one attached hydrogen (secondary N) is 1. The van der Waals surface area contributed by atoms with Gasteiger partial charge in [0.05, 0.1) is 33.0 Å². The predicted molar refractivity (Wildman–Crippen MR) is 190 cm³/mol. The number of fused-ring (bicyclic) bond motifs is 6. The van der Waals surface area contributed by atoms with Gasteiger partial charge in [0.1, 0.15) is 122 Å². The molecule has 28 heteroatoms. The van der Waals surface area contributed by atoms with Crippen LogP contribution in [0.3, 0.4) is 0 Å². The molecular formula is C35H57NO27. The van der Waals surface area contributed by atoms with E-state index in [9.17, 15) is 81.1 Å². The molecule has 6 aliphatic heterocycles. The molecule has 6 bridgehead atoms. The van der Waals surface area contributed by atoms with Crippen LogP contribution in [0.4, 0.5) is 0 Å². The van der Waals surface area contributed by atoms with Gasteiger partial charge < -0.3 is 129 Å². The van der Waals surface area contributed by atoms with Crippen molar-refractivity contribution < 1.29 is 133 Å². The number of aliphatic hydroxyl groups is 14. The zero-order chi connectivity index (χ0) is 46.2. The predicted octanol–water partition coefficient (Wildman–Crippen LogP) is -10.8. The third-order valence-corrected chi connectivity index (χ3v) is 11.5. The smallest absolute Gasteiger partial charge is 0.335 e. The second kappa shape index (κ2) is 21.3. The van der Waals surface area contributed by atoms with E-state index in [-0.39, 0.29) is 0 Å². The van der Waals surface area contributed by atoms with Gasteiger partial charge in [-0.3, -0.25) is 4.79 Å². The molecule has 0 aromatic carbocycles. The maximum atomic E-state index is 12.5. The number of amides is 1. The first-order valence-electron chi connectivity index (χ1n) is 20.1. The summed E-state index contributed by atoms with van der Waals surface area (Å²) < 4.78 is 62.6. The summed E-state index contributed by atoms with van der Waals surface area (Å²) in [6, 6.07) is -1.60. The number of hydrogen-bond acceptors (Lipinski definition) is 27. The van der Waals surface area contributed by atoms with Crippen molar-refractivity contribution in [3.05, 3.63) is 0 Å². The molecule has 63 heavy (non-hydrogen) atoms. The molecule has 0 aliphatic carbocycles.